The van der Waals surface area contributed by atoms with E-state index in [0.29, 0.717) is 5.56 Å². The molecule has 0 unspecified atom stereocenters. The molecular formula is C22H26N2OS. The van der Waals surface area contributed by atoms with E-state index in [1.807, 2.05) is 18.2 Å². The summed E-state index contributed by atoms with van der Waals surface area (Å²) in [5.74, 6) is -0.00771. The molecular weight excluding hydrogens is 340 g/mol. The third kappa shape index (κ3) is 4.13. The average molecular weight is 367 g/mol. The molecule has 0 radical (unpaired) electrons. The molecule has 26 heavy (non-hydrogen) atoms. The molecule has 0 atom stereocenters. The van der Waals surface area contributed by atoms with Crippen molar-refractivity contribution in [3.05, 3.63) is 59.2 Å². The molecule has 0 spiro atoms. The topological polar surface area (TPSA) is 41.1 Å². The maximum Gasteiger partial charge on any atom is 0.251 e. The third-order valence-electron chi connectivity index (χ3n) is 4.38. The summed E-state index contributed by atoms with van der Waals surface area (Å²) in [5, 5.41) is 6.56. The highest BCUT2D eigenvalue weighted by atomic mass is 32.2. The summed E-state index contributed by atoms with van der Waals surface area (Å²) >= 11 is 1.75. The van der Waals surface area contributed by atoms with Crippen LogP contribution >= 0.6 is 11.8 Å². The fourth-order valence-electron chi connectivity index (χ4n) is 2.98. The first-order chi connectivity index (χ1) is 12.6. The van der Waals surface area contributed by atoms with Crippen molar-refractivity contribution in [3.8, 4) is 0 Å². The van der Waals surface area contributed by atoms with Gasteiger partial charge >= 0.3 is 0 Å². The van der Waals surface area contributed by atoms with E-state index in [1.165, 1.54) is 16.0 Å². The molecule has 1 amide bonds. The SMILES string of the molecule is CCC=C1Nc2cc(C(=O)NCCCC)ccc2Sc2ccc(C)cc21. The summed E-state index contributed by atoms with van der Waals surface area (Å²) in [6.45, 7) is 7.10. The summed E-state index contributed by atoms with van der Waals surface area (Å²) in [7, 11) is 0. The summed E-state index contributed by atoms with van der Waals surface area (Å²) in [6, 6.07) is 12.5. The molecule has 4 heteroatoms. The Morgan fingerprint density at radius 3 is 2.73 bits per heavy atom. The number of nitrogens with one attached hydrogen (secondary N) is 2. The lowest BCUT2D eigenvalue weighted by Gasteiger charge is -2.12. The van der Waals surface area contributed by atoms with Gasteiger partial charge in [0.2, 0.25) is 0 Å². The van der Waals surface area contributed by atoms with Crippen LogP contribution < -0.4 is 10.6 Å². The van der Waals surface area contributed by atoms with Crippen LogP contribution in [0.2, 0.25) is 0 Å². The molecule has 1 heterocycles. The average Bonchev–Trinajstić information content (AvgIpc) is 2.78. The number of amides is 1. The number of hydrogen-bond acceptors (Lipinski definition) is 3. The number of hydrogen-bond donors (Lipinski definition) is 2. The van der Waals surface area contributed by atoms with Crippen LogP contribution in [-0.2, 0) is 0 Å². The van der Waals surface area contributed by atoms with Crippen LogP contribution in [0.5, 0.6) is 0 Å². The molecule has 2 N–H and O–H groups in total. The molecule has 2 aromatic rings. The number of carbonyl (C=O) groups excluding carboxylic acids is 1. The Hall–Kier alpha value is -2.20. The highest BCUT2D eigenvalue weighted by Gasteiger charge is 2.19. The monoisotopic (exact) mass is 366 g/mol. The van der Waals surface area contributed by atoms with Crippen molar-refractivity contribution in [2.45, 2.75) is 49.8 Å². The van der Waals surface area contributed by atoms with Crippen molar-refractivity contribution in [2.24, 2.45) is 0 Å². The van der Waals surface area contributed by atoms with Gasteiger partial charge in [0.05, 0.1) is 5.69 Å². The first-order valence-electron chi connectivity index (χ1n) is 9.30. The van der Waals surface area contributed by atoms with E-state index < -0.39 is 0 Å². The van der Waals surface area contributed by atoms with Gasteiger partial charge in [-0.05, 0) is 50.1 Å². The first kappa shape index (κ1) is 18.6. The Morgan fingerprint density at radius 2 is 1.96 bits per heavy atom. The molecule has 2 aromatic carbocycles. The summed E-state index contributed by atoms with van der Waals surface area (Å²) in [6.07, 6.45) is 5.24. The zero-order chi connectivity index (χ0) is 18.5. The minimum absolute atomic E-state index is 0.00771. The standard InChI is InChI=1S/C22H26N2OS/c1-4-6-12-23-22(25)16-9-11-21-19(14-16)24-18(7-5-2)17-13-15(3)8-10-20(17)26-21/h7-11,13-14,24H,4-6,12H2,1-3H3,(H,23,25). The van der Waals surface area contributed by atoms with Gasteiger partial charge in [-0.3, -0.25) is 4.79 Å². The van der Waals surface area contributed by atoms with Gasteiger partial charge in [-0.25, -0.2) is 0 Å². The van der Waals surface area contributed by atoms with E-state index in [9.17, 15) is 4.79 Å². The fourth-order valence-corrected chi connectivity index (χ4v) is 3.99. The van der Waals surface area contributed by atoms with Crippen LogP contribution in [0.3, 0.4) is 0 Å². The normalized spacial score (nSPS) is 14.2. The molecule has 0 aliphatic carbocycles. The third-order valence-corrected chi connectivity index (χ3v) is 5.53. The quantitative estimate of drug-likeness (QED) is 0.652. The second-order valence-corrected chi connectivity index (χ2v) is 7.66. The predicted octanol–water partition coefficient (Wildman–Crippen LogP) is 5.85. The number of anilines is 1. The van der Waals surface area contributed by atoms with Gasteiger partial charge in [-0.1, -0.05) is 49.7 Å². The second-order valence-electron chi connectivity index (χ2n) is 6.57. The van der Waals surface area contributed by atoms with E-state index >= 15 is 0 Å². The predicted molar refractivity (Wildman–Crippen MR) is 111 cm³/mol. The van der Waals surface area contributed by atoms with Crippen LogP contribution in [0.4, 0.5) is 5.69 Å². The van der Waals surface area contributed by atoms with Crippen LogP contribution in [-0.4, -0.2) is 12.5 Å². The maximum atomic E-state index is 12.4. The molecule has 136 valence electrons. The molecule has 3 nitrogen and oxygen atoms in total. The number of rotatable bonds is 5. The number of fused-ring (bicyclic) bond motifs is 2. The zero-order valence-corrected chi connectivity index (χ0v) is 16.5. The van der Waals surface area contributed by atoms with Crippen LogP contribution in [0, 0.1) is 6.92 Å². The minimum atomic E-state index is -0.00771. The van der Waals surface area contributed by atoms with Gasteiger partial charge in [-0.2, -0.15) is 0 Å². The van der Waals surface area contributed by atoms with Crippen LogP contribution in [0.15, 0.2) is 52.3 Å². The van der Waals surface area contributed by atoms with Gasteiger partial charge < -0.3 is 10.6 Å². The molecule has 0 aromatic heterocycles. The largest absolute Gasteiger partial charge is 0.354 e. The number of carbonyl (C=O) groups is 1. The summed E-state index contributed by atoms with van der Waals surface area (Å²) < 4.78 is 0. The van der Waals surface area contributed by atoms with E-state index in [-0.39, 0.29) is 5.91 Å². The molecule has 0 bridgehead atoms. The van der Waals surface area contributed by atoms with E-state index in [0.717, 1.165) is 42.1 Å². The lowest BCUT2D eigenvalue weighted by molar-refractivity contribution is 0.0953. The van der Waals surface area contributed by atoms with Crippen molar-refractivity contribution >= 4 is 29.1 Å². The van der Waals surface area contributed by atoms with Gasteiger partial charge in [0, 0.05) is 33.2 Å². The van der Waals surface area contributed by atoms with Crippen molar-refractivity contribution in [3.63, 3.8) is 0 Å². The van der Waals surface area contributed by atoms with E-state index in [2.05, 4.69) is 55.7 Å². The highest BCUT2D eigenvalue weighted by Crippen LogP contribution is 2.42. The van der Waals surface area contributed by atoms with Crippen molar-refractivity contribution < 1.29 is 4.79 Å². The highest BCUT2D eigenvalue weighted by molar-refractivity contribution is 7.99. The number of allylic oxidation sites excluding steroid dienone is 1. The Morgan fingerprint density at radius 1 is 1.15 bits per heavy atom. The lowest BCUT2D eigenvalue weighted by atomic mass is 10.1. The lowest BCUT2D eigenvalue weighted by Crippen LogP contribution is -2.24. The van der Waals surface area contributed by atoms with Crippen LogP contribution in [0.1, 0.15) is 54.6 Å². The Bertz CT molecular complexity index is 842. The Labute approximate surface area is 160 Å². The Kier molecular flexibility index (Phi) is 6.04. The van der Waals surface area contributed by atoms with Crippen molar-refractivity contribution in [1.29, 1.82) is 0 Å². The molecule has 0 fully saturated rings. The van der Waals surface area contributed by atoms with E-state index in [4.69, 9.17) is 0 Å². The number of benzene rings is 2. The summed E-state index contributed by atoms with van der Waals surface area (Å²) in [5.41, 5.74) is 5.27. The minimum Gasteiger partial charge on any atom is -0.354 e. The zero-order valence-electron chi connectivity index (χ0n) is 15.7. The molecule has 1 aliphatic heterocycles. The van der Waals surface area contributed by atoms with Gasteiger partial charge in [-0.15, -0.1) is 0 Å². The smallest absolute Gasteiger partial charge is 0.251 e. The summed E-state index contributed by atoms with van der Waals surface area (Å²) in [4.78, 5) is 14.8. The molecule has 3 rings (SSSR count). The van der Waals surface area contributed by atoms with Gasteiger partial charge in [0.25, 0.3) is 5.91 Å². The first-order valence-corrected chi connectivity index (χ1v) is 10.1. The van der Waals surface area contributed by atoms with Gasteiger partial charge in [0.15, 0.2) is 0 Å². The van der Waals surface area contributed by atoms with E-state index in [1.54, 1.807) is 11.8 Å². The second kappa shape index (κ2) is 8.45. The Balaban J connectivity index is 1.94. The molecule has 0 saturated heterocycles. The van der Waals surface area contributed by atoms with Gasteiger partial charge in [0.1, 0.15) is 0 Å². The maximum absolute atomic E-state index is 12.4. The van der Waals surface area contributed by atoms with Crippen molar-refractivity contribution in [2.75, 3.05) is 11.9 Å². The van der Waals surface area contributed by atoms with Crippen LogP contribution in [0.25, 0.3) is 5.70 Å². The van der Waals surface area contributed by atoms with Crippen molar-refractivity contribution in [1.82, 2.24) is 5.32 Å². The molecule has 1 aliphatic rings. The number of unbranched alkanes of at least 4 members (excludes halogenated alkanes) is 1. The molecule has 0 saturated carbocycles. The fraction of sp³-hybridized carbons (Fsp3) is 0.318. The number of aryl methyl sites for hydroxylation is 1.